The summed E-state index contributed by atoms with van der Waals surface area (Å²) in [6, 6.07) is 9.64. The molecule has 0 amide bonds. The molecular formula is C13H20N2O2. The average molecular weight is 236 g/mol. The minimum Gasteiger partial charge on any atom is -0.468 e. The molecule has 0 aliphatic carbocycles. The van der Waals surface area contributed by atoms with Crippen LogP contribution in [0.1, 0.15) is 12.5 Å². The van der Waals surface area contributed by atoms with Gasteiger partial charge in [0, 0.05) is 13.1 Å². The first-order chi connectivity index (χ1) is 8.22. The molecule has 4 heteroatoms. The molecule has 0 fully saturated rings. The Morgan fingerprint density at radius 2 is 2.06 bits per heavy atom. The molecule has 0 bridgehead atoms. The lowest BCUT2D eigenvalue weighted by Gasteiger charge is -2.27. The molecule has 0 radical (unpaired) electrons. The number of rotatable bonds is 6. The Morgan fingerprint density at radius 3 is 2.53 bits per heavy atom. The SMILES string of the molecule is CCN(Cc1ccccc1)C(CN)C(=O)OC. The lowest BCUT2D eigenvalue weighted by atomic mass is 10.1. The predicted molar refractivity (Wildman–Crippen MR) is 67.4 cm³/mol. The van der Waals surface area contributed by atoms with E-state index in [-0.39, 0.29) is 18.6 Å². The van der Waals surface area contributed by atoms with E-state index in [1.54, 1.807) is 0 Å². The number of benzene rings is 1. The van der Waals surface area contributed by atoms with E-state index in [1.807, 2.05) is 42.2 Å². The smallest absolute Gasteiger partial charge is 0.324 e. The van der Waals surface area contributed by atoms with E-state index in [4.69, 9.17) is 10.5 Å². The van der Waals surface area contributed by atoms with Gasteiger partial charge >= 0.3 is 5.97 Å². The Balaban J connectivity index is 2.73. The van der Waals surface area contributed by atoms with Crippen molar-refractivity contribution >= 4 is 5.97 Å². The van der Waals surface area contributed by atoms with Crippen LogP contribution in [0.25, 0.3) is 0 Å². The van der Waals surface area contributed by atoms with Gasteiger partial charge in [0.25, 0.3) is 0 Å². The van der Waals surface area contributed by atoms with Crippen molar-refractivity contribution in [3.8, 4) is 0 Å². The van der Waals surface area contributed by atoms with Gasteiger partial charge in [-0.2, -0.15) is 0 Å². The topological polar surface area (TPSA) is 55.6 Å². The first-order valence-electron chi connectivity index (χ1n) is 5.78. The number of ether oxygens (including phenoxy) is 1. The summed E-state index contributed by atoms with van der Waals surface area (Å²) in [6.07, 6.45) is 0. The standard InChI is InChI=1S/C13H20N2O2/c1-3-15(12(9-14)13(16)17-2)10-11-7-5-4-6-8-11/h4-8,12H,3,9-10,14H2,1-2H3. The molecule has 1 aromatic rings. The third-order valence-corrected chi connectivity index (χ3v) is 2.77. The van der Waals surface area contributed by atoms with Gasteiger partial charge in [0.2, 0.25) is 0 Å². The monoisotopic (exact) mass is 236 g/mol. The Bertz CT molecular complexity index is 341. The van der Waals surface area contributed by atoms with Crippen molar-refractivity contribution in [1.82, 2.24) is 4.90 Å². The van der Waals surface area contributed by atoms with E-state index < -0.39 is 0 Å². The van der Waals surface area contributed by atoms with E-state index in [2.05, 4.69) is 0 Å². The number of nitrogens with two attached hydrogens (primary N) is 1. The fraction of sp³-hybridized carbons (Fsp3) is 0.462. The van der Waals surface area contributed by atoms with Crippen molar-refractivity contribution in [1.29, 1.82) is 0 Å². The molecule has 0 aromatic heterocycles. The molecule has 17 heavy (non-hydrogen) atoms. The van der Waals surface area contributed by atoms with E-state index in [0.717, 1.165) is 12.1 Å². The number of methoxy groups -OCH3 is 1. The predicted octanol–water partition coefficient (Wildman–Crippen LogP) is 1.01. The Hall–Kier alpha value is -1.39. The average Bonchev–Trinajstić information content (AvgIpc) is 2.39. The second kappa shape index (κ2) is 7.04. The van der Waals surface area contributed by atoms with Crippen molar-refractivity contribution in [2.24, 2.45) is 5.73 Å². The molecule has 1 rings (SSSR count). The zero-order chi connectivity index (χ0) is 12.7. The van der Waals surface area contributed by atoms with Crippen LogP contribution in [0.3, 0.4) is 0 Å². The highest BCUT2D eigenvalue weighted by molar-refractivity contribution is 5.75. The summed E-state index contributed by atoms with van der Waals surface area (Å²) in [4.78, 5) is 13.6. The number of esters is 1. The first-order valence-corrected chi connectivity index (χ1v) is 5.78. The van der Waals surface area contributed by atoms with E-state index in [1.165, 1.54) is 7.11 Å². The highest BCUT2D eigenvalue weighted by Crippen LogP contribution is 2.08. The molecule has 2 N–H and O–H groups in total. The van der Waals surface area contributed by atoms with Crippen molar-refractivity contribution in [2.75, 3.05) is 20.2 Å². The second-order valence-corrected chi connectivity index (χ2v) is 3.82. The molecule has 1 atom stereocenters. The van der Waals surface area contributed by atoms with E-state index in [9.17, 15) is 4.79 Å². The minimum absolute atomic E-state index is 0.271. The fourth-order valence-electron chi connectivity index (χ4n) is 1.79. The fourth-order valence-corrected chi connectivity index (χ4v) is 1.79. The van der Waals surface area contributed by atoms with Crippen LogP contribution in [0.5, 0.6) is 0 Å². The van der Waals surface area contributed by atoms with Crippen LogP contribution in [-0.2, 0) is 16.1 Å². The van der Waals surface area contributed by atoms with Gasteiger partial charge in [-0.25, -0.2) is 0 Å². The van der Waals surface area contributed by atoms with Gasteiger partial charge in [0.05, 0.1) is 7.11 Å². The van der Waals surface area contributed by atoms with Crippen LogP contribution in [0.15, 0.2) is 30.3 Å². The molecule has 1 unspecified atom stereocenters. The van der Waals surface area contributed by atoms with Gasteiger partial charge < -0.3 is 10.5 Å². The normalized spacial score (nSPS) is 12.5. The van der Waals surface area contributed by atoms with Gasteiger partial charge in [0.15, 0.2) is 0 Å². The van der Waals surface area contributed by atoms with Gasteiger partial charge in [-0.15, -0.1) is 0 Å². The number of hydrogen-bond donors (Lipinski definition) is 1. The number of carbonyl (C=O) groups excluding carboxylic acids is 1. The zero-order valence-corrected chi connectivity index (χ0v) is 10.4. The van der Waals surface area contributed by atoms with E-state index >= 15 is 0 Å². The summed E-state index contributed by atoms with van der Waals surface area (Å²) in [5, 5.41) is 0. The van der Waals surface area contributed by atoms with Crippen molar-refractivity contribution in [2.45, 2.75) is 19.5 Å². The minimum atomic E-state index is -0.370. The van der Waals surface area contributed by atoms with Gasteiger partial charge in [0.1, 0.15) is 6.04 Å². The molecule has 0 saturated carbocycles. The van der Waals surface area contributed by atoms with Crippen LogP contribution >= 0.6 is 0 Å². The maximum Gasteiger partial charge on any atom is 0.324 e. The third kappa shape index (κ3) is 3.84. The van der Waals surface area contributed by atoms with Crippen LogP contribution < -0.4 is 5.73 Å². The van der Waals surface area contributed by atoms with Gasteiger partial charge in [-0.1, -0.05) is 37.3 Å². The maximum atomic E-state index is 11.6. The first kappa shape index (κ1) is 13.7. The molecule has 94 valence electrons. The third-order valence-electron chi connectivity index (χ3n) is 2.77. The summed E-state index contributed by atoms with van der Waals surface area (Å²) in [7, 11) is 1.39. The highest BCUT2D eigenvalue weighted by atomic mass is 16.5. The Labute approximate surface area is 102 Å². The summed E-state index contributed by atoms with van der Waals surface area (Å²) in [5.74, 6) is -0.273. The molecular weight excluding hydrogens is 216 g/mol. The highest BCUT2D eigenvalue weighted by Gasteiger charge is 2.24. The number of hydrogen-bond acceptors (Lipinski definition) is 4. The second-order valence-electron chi connectivity index (χ2n) is 3.82. The van der Waals surface area contributed by atoms with Crippen molar-refractivity contribution < 1.29 is 9.53 Å². The molecule has 1 aromatic carbocycles. The van der Waals surface area contributed by atoms with E-state index in [0.29, 0.717) is 6.54 Å². The molecule has 0 heterocycles. The maximum absolute atomic E-state index is 11.6. The molecule has 4 nitrogen and oxygen atoms in total. The van der Waals surface area contributed by atoms with Gasteiger partial charge in [-0.3, -0.25) is 9.69 Å². The quantitative estimate of drug-likeness (QED) is 0.749. The molecule has 0 aliphatic rings. The zero-order valence-electron chi connectivity index (χ0n) is 10.4. The Morgan fingerprint density at radius 1 is 1.41 bits per heavy atom. The largest absolute Gasteiger partial charge is 0.468 e. The Kier molecular flexibility index (Phi) is 5.66. The van der Waals surface area contributed by atoms with Crippen LogP contribution in [0.4, 0.5) is 0 Å². The molecule has 0 spiro atoms. The number of nitrogens with zero attached hydrogens (tertiary/aromatic N) is 1. The van der Waals surface area contributed by atoms with Gasteiger partial charge in [-0.05, 0) is 12.1 Å². The lowest BCUT2D eigenvalue weighted by molar-refractivity contribution is -0.146. The lowest BCUT2D eigenvalue weighted by Crippen LogP contribution is -2.46. The summed E-state index contributed by atoms with van der Waals surface area (Å²) < 4.78 is 4.76. The summed E-state index contributed by atoms with van der Waals surface area (Å²) >= 11 is 0. The summed E-state index contributed by atoms with van der Waals surface area (Å²) in [6.45, 7) is 3.74. The van der Waals surface area contributed by atoms with Crippen LogP contribution in [-0.4, -0.2) is 37.1 Å². The van der Waals surface area contributed by atoms with Crippen molar-refractivity contribution in [3.05, 3.63) is 35.9 Å². The number of likely N-dealkylation sites (N-methyl/N-ethyl adjacent to an activating group) is 1. The van der Waals surface area contributed by atoms with Crippen LogP contribution in [0, 0.1) is 0 Å². The van der Waals surface area contributed by atoms with Crippen LogP contribution in [0.2, 0.25) is 0 Å². The van der Waals surface area contributed by atoms with Crippen molar-refractivity contribution in [3.63, 3.8) is 0 Å². The summed E-state index contributed by atoms with van der Waals surface area (Å²) in [5.41, 5.74) is 6.80. The molecule has 0 aliphatic heterocycles. The number of carbonyl (C=O) groups is 1. The molecule has 0 saturated heterocycles.